The molecule has 0 radical (unpaired) electrons. The van der Waals surface area contributed by atoms with Gasteiger partial charge >= 0.3 is 0 Å². The van der Waals surface area contributed by atoms with E-state index in [2.05, 4.69) is 11.4 Å². The number of aryl methyl sites for hydroxylation is 2. The van der Waals surface area contributed by atoms with Crippen LogP contribution in [0.5, 0.6) is 11.5 Å². The summed E-state index contributed by atoms with van der Waals surface area (Å²) in [6, 6.07) is 15.9. The first-order chi connectivity index (χ1) is 14.9. The molecule has 0 aliphatic rings. The summed E-state index contributed by atoms with van der Waals surface area (Å²) in [4.78, 5) is 12.7. The fraction of sp³-hybridized carbons (Fsp3) is 0.400. The molecule has 1 atom stereocenters. The average Bonchev–Trinajstić information content (AvgIpc) is 2.78. The second kappa shape index (κ2) is 10.5. The van der Waals surface area contributed by atoms with E-state index in [-0.39, 0.29) is 12.2 Å². The first kappa shape index (κ1) is 22.8. The first-order valence-electron chi connectivity index (χ1n) is 10.7. The average molecular weight is 425 g/mol. The largest absolute Gasteiger partial charge is 0.497 e. The van der Waals surface area contributed by atoms with E-state index in [0.29, 0.717) is 23.7 Å². The maximum atomic E-state index is 12.7. The van der Waals surface area contributed by atoms with E-state index >= 15 is 0 Å². The van der Waals surface area contributed by atoms with E-state index in [0.717, 1.165) is 35.2 Å². The van der Waals surface area contributed by atoms with Crippen LogP contribution in [0.2, 0.25) is 0 Å². The summed E-state index contributed by atoms with van der Waals surface area (Å²) >= 11 is 0. The van der Waals surface area contributed by atoms with E-state index in [9.17, 15) is 9.90 Å². The van der Waals surface area contributed by atoms with Gasteiger partial charge in [-0.2, -0.15) is 0 Å². The number of fused-ring (bicyclic) bond motifs is 1. The molecular formula is C25H32N2O4. The molecule has 166 valence electrons. The van der Waals surface area contributed by atoms with E-state index in [1.165, 1.54) is 0 Å². The van der Waals surface area contributed by atoms with Gasteiger partial charge in [0.05, 0.1) is 12.5 Å². The molecule has 0 fully saturated rings. The molecule has 1 aromatic heterocycles. The van der Waals surface area contributed by atoms with Crippen LogP contribution >= 0.6 is 0 Å². The third kappa shape index (κ3) is 6.09. The van der Waals surface area contributed by atoms with Gasteiger partial charge in [-0.05, 0) is 54.1 Å². The second-order valence-electron chi connectivity index (χ2n) is 8.12. The van der Waals surface area contributed by atoms with Gasteiger partial charge in [0.15, 0.2) is 0 Å². The quantitative estimate of drug-likeness (QED) is 0.523. The topological polar surface area (TPSA) is 72.7 Å². The number of nitrogens with one attached hydrogen (secondary N) is 1. The summed E-state index contributed by atoms with van der Waals surface area (Å²) in [7, 11) is 3.41. The lowest BCUT2D eigenvalue weighted by molar-refractivity contribution is 0.104. The second-order valence-corrected chi connectivity index (χ2v) is 8.12. The van der Waals surface area contributed by atoms with Gasteiger partial charge in [-0.25, -0.2) is 0 Å². The van der Waals surface area contributed by atoms with Crippen molar-refractivity contribution in [2.45, 2.75) is 38.8 Å². The minimum Gasteiger partial charge on any atom is -0.497 e. The van der Waals surface area contributed by atoms with Gasteiger partial charge < -0.3 is 24.5 Å². The molecule has 0 amide bonds. The SMILES string of the molecule is COc1ccc2cc(CCc3ccc(OCC(O)CNC(C)C)cc3)n(C)c(=O)c2c1. The summed E-state index contributed by atoms with van der Waals surface area (Å²) in [6.45, 7) is 4.84. The van der Waals surface area contributed by atoms with Crippen LogP contribution in [-0.2, 0) is 19.9 Å². The molecule has 0 saturated carbocycles. The number of ether oxygens (including phenoxy) is 2. The Hall–Kier alpha value is -2.83. The Balaban J connectivity index is 1.60. The van der Waals surface area contributed by atoms with Gasteiger partial charge in [0, 0.05) is 25.3 Å². The number of aliphatic hydroxyl groups is 1. The van der Waals surface area contributed by atoms with Crippen molar-refractivity contribution < 1.29 is 14.6 Å². The number of pyridine rings is 1. The predicted octanol–water partition coefficient (Wildman–Crippen LogP) is 3.07. The van der Waals surface area contributed by atoms with Crippen molar-refractivity contribution in [3.05, 3.63) is 70.1 Å². The van der Waals surface area contributed by atoms with Crippen LogP contribution < -0.4 is 20.3 Å². The summed E-state index contributed by atoms with van der Waals surface area (Å²) in [5.74, 6) is 1.42. The van der Waals surface area contributed by atoms with E-state index in [4.69, 9.17) is 9.47 Å². The van der Waals surface area contributed by atoms with Crippen molar-refractivity contribution >= 4 is 10.8 Å². The number of nitrogens with zero attached hydrogens (tertiary/aromatic N) is 1. The number of aromatic nitrogens is 1. The molecule has 6 nitrogen and oxygen atoms in total. The smallest absolute Gasteiger partial charge is 0.258 e. The number of hydrogen-bond donors (Lipinski definition) is 2. The van der Waals surface area contributed by atoms with Crippen LogP contribution in [0, 0.1) is 0 Å². The molecular weight excluding hydrogens is 392 g/mol. The van der Waals surface area contributed by atoms with Gasteiger partial charge in [-0.15, -0.1) is 0 Å². The number of benzene rings is 2. The van der Waals surface area contributed by atoms with Crippen molar-refractivity contribution in [1.29, 1.82) is 0 Å². The molecule has 0 aliphatic carbocycles. The Bertz CT molecular complexity index is 1060. The molecule has 1 heterocycles. The Morgan fingerprint density at radius 1 is 1.03 bits per heavy atom. The minimum absolute atomic E-state index is 0.0133. The van der Waals surface area contributed by atoms with Crippen molar-refractivity contribution in [2.75, 3.05) is 20.3 Å². The van der Waals surface area contributed by atoms with Crippen molar-refractivity contribution in [1.82, 2.24) is 9.88 Å². The summed E-state index contributed by atoms with van der Waals surface area (Å²) in [5.41, 5.74) is 2.14. The van der Waals surface area contributed by atoms with E-state index in [1.807, 2.05) is 57.3 Å². The zero-order chi connectivity index (χ0) is 22.4. The molecule has 6 heteroatoms. The maximum Gasteiger partial charge on any atom is 0.258 e. The summed E-state index contributed by atoms with van der Waals surface area (Å²) < 4.78 is 12.6. The van der Waals surface area contributed by atoms with Gasteiger partial charge in [-0.1, -0.05) is 32.0 Å². The highest BCUT2D eigenvalue weighted by Crippen LogP contribution is 2.20. The molecule has 1 unspecified atom stereocenters. The zero-order valence-electron chi connectivity index (χ0n) is 18.7. The van der Waals surface area contributed by atoms with Crippen LogP contribution in [-0.4, -0.2) is 42.1 Å². The third-order valence-electron chi connectivity index (χ3n) is 5.35. The first-order valence-corrected chi connectivity index (χ1v) is 10.7. The Morgan fingerprint density at radius 2 is 1.74 bits per heavy atom. The lowest BCUT2D eigenvalue weighted by Gasteiger charge is -2.15. The monoisotopic (exact) mass is 424 g/mol. The molecule has 2 aromatic carbocycles. The van der Waals surface area contributed by atoms with E-state index in [1.54, 1.807) is 17.7 Å². The standard InChI is InChI=1S/C25H32N2O4/c1-17(2)26-15-21(28)16-31-22-10-6-18(7-11-22)5-9-20-13-19-8-12-23(30-4)14-24(19)25(29)27(20)3/h6-8,10-14,17,21,26,28H,5,9,15-16H2,1-4H3. The van der Waals surface area contributed by atoms with Crippen LogP contribution in [0.3, 0.4) is 0 Å². The van der Waals surface area contributed by atoms with Crippen LogP contribution in [0.1, 0.15) is 25.1 Å². The van der Waals surface area contributed by atoms with Crippen LogP contribution in [0.25, 0.3) is 10.8 Å². The van der Waals surface area contributed by atoms with Crippen LogP contribution in [0.15, 0.2) is 53.3 Å². The van der Waals surface area contributed by atoms with E-state index < -0.39 is 6.10 Å². The maximum absolute atomic E-state index is 12.7. The summed E-state index contributed by atoms with van der Waals surface area (Å²) in [5, 5.41) is 14.7. The Kier molecular flexibility index (Phi) is 7.71. The molecule has 3 aromatic rings. The highest BCUT2D eigenvalue weighted by atomic mass is 16.5. The summed E-state index contributed by atoms with van der Waals surface area (Å²) in [6.07, 6.45) is 1.03. The molecule has 0 bridgehead atoms. The molecule has 0 aliphatic heterocycles. The fourth-order valence-electron chi connectivity index (χ4n) is 3.45. The Labute approximate surface area is 183 Å². The number of rotatable bonds is 10. The normalized spacial score (nSPS) is 12.3. The molecule has 3 rings (SSSR count). The molecule has 31 heavy (non-hydrogen) atoms. The van der Waals surface area contributed by atoms with Crippen LogP contribution in [0.4, 0.5) is 0 Å². The highest BCUT2D eigenvalue weighted by Gasteiger charge is 2.09. The van der Waals surface area contributed by atoms with Crippen molar-refractivity contribution in [3.63, 3.8) is 0 Å². The predicted molar refractivity (Wildman–Crippen MR) is 124 cm³/mol. The fourth-order valence-corrected chi connectivity index (χ4v) is 3.45. The van der Waals surface area contributed by atoms with Crippen molar-refractivity contribution in [2.24, 2.45) is 7.05 Å². The third-order valence-corrected chi connectivity index (χ3v) is 5.35. The molecule has 2 N–H and O–H groups in total. The van der Waals surface area contributed by atoms with Crippen molar-refractivity contribution in [3.8, 4) is 11.5 Å². The zero-order valence-corrected chi connectivity index (χ0v) is 18.7. The minimum atomic E-state index is -0.545. The number of methoxy groups -OCH3 is 1. The molecule has 0 saturated heterocycles. The van der Waals surface area contributed by atoms with Gasteiger partial charge in [0.25, 0.3) is 5.56 Å². The number of hydrogen-bond acceptors (Lipinski definition) is 5. The number of aliphatic hydroxyl groups excluding tert-OH is 1. The highest BCUT2D eigenvalue weighted by molar-refractivity contribution is 5.83. The van der Waals surface area contributed by atoms with Gasteiger partial charge in [0.1, 0.15) is 24.2 Å². The van der Waals surface area contributed by atoms with Gasteiger partial charge in [-0.3, -0.25) is 4.79 Å². The Morgan fingerprint density at radius 3 is 2.42 bits per heavy atom. The lowest BCUT2D eigenvalue weighted by atomic mass is 10.0. The lowest BCUT2D eigenvalue weighted by Crippen LogP contribution is -2.35. The van der Waals surface area contributed by atoms with Gasteiger partial charge in [0.2, 0.25) is 0 Å². The molecule has 0 spiro atoms.